The van der Waals surface area contributed by atoms with Crippen molar-refractivity contribution in [2.75, 3.05) is 26.8 Å². The molecule has 1 N–H and O–H groups in total. The molecule has 0 saturated heterocycles. The molecule has 2 aromatic rings. The summed E-state index contributed by atoms with van der Waals surface area (Å²) in [7, 11) is 1.69. The summed E-state index contributed by atoms with van der Waals surface area (Å²) in [6.45, 7) is 6.84. The molecule has 42 heavy (non-hydrogen) atoms. The molecule has 0 bridgehead atoms. The molecule has 1 aromatic carbocycles. The summed E-state index contributed by atoms with van der Waals surface area (Å²) in [6, 6.07) is 7.24. The maximum Gasteiger partial charge on any atom is 0.411 e. The van der Waals surface area contributed by atoms with Crippen LogP contribution in [0.1, 0.15) is 72.6 Å². The lowest BCUT2D eigenvalue weighted by atomic mass is 10.0. The highest BCUT2D eigenvalue weighted by Gasteiger charge is 2.30. The van der Waals surface area contributed by atoms with Crippen LogP contribution in [-0.2, 0) is 14.3 Å². The maximum atomic E-state index is 12.7. The minimum atomic E-state index is -4.26. The normalized spacial score (nSPS) is 17.5. The van der Waals surface area contributed by atoms with Crippen LogP contribution in [0.25, 0.3) is 11.0 Å². The largest absolute Gasteiger partial charge is 0.464 e. The van der Waals surface area contributed by atoms with Crippen LogP contribution in [0.15, 0.2) is 40.5 Å². The molecule has 0 spiro atoms. The van der Waals surface area contributed by atoms with Crippen molar-refractivity contribution in [2.24, 2.45) is 10.9 Å². The quantitative estimate of drug-likeness (QED) is 0.204. The highest BCUT2D eigenvalue weighted by atomic mass is 32.1. The number of halogens is 3. The first kappa shape index (κ1) is 35.2. The van der Waals surface area contributed by atoms with E-state index in [0.717, 1.165) is 48.0 Å². The Hall–Kier alpha value is -2.99. The van der Waals surface area contributed by atoms with E-state index in [9.17, 15) is 22.8 Å². The van der Waals surface area contributed by atoms with E-state index in [-0.39, 0.29) is 24.5 Å². The van der Waals surface area contributed by atoms with E-state index in [0.29, 0.717) is 17.7 Å². The minimum Gasteiger partial charge on any atom is -0.464 e. The third kappa shape index (κ3) is 10.7. The Morgan fingerprint density at radius 1 is 1.12 bits per heavy atom. The molecule has 2 aliphatic rings. The average molecular weight is 613 g/mol. The maximum absolute atomic E-state index is 12.7. The van der Waals surface area contributed by atoms with Crippen molar-refractivity contribution in [2.45, 2.75) is 84.9 Å². The second kappa shape index (κ2) is 17.2. The number of fused-ring (bicyclic) bond motifs is 1. The number of alkyl halides is 3. The van der Waals surface area contributed by atoms with Crippen LogP contribution in [0, 0.1) is 10.7 Å². The van der Waals surface area contributed by atoms with Crippen molar-refractivity contribution < 1.29 is 32.2 Å². The number of H-pyrrole nitrogens is 1. The van der Waals surface area contributed by atoms with E-state index < -0.39 is 18.9 Å². The summed E-state index contributed by atoms with van der Waals surface area (Å²) in [5.74, 6) is -0.114. The molecular formula is C30H43F3N4O4S. The van der Waals surface area contributed by atoms with Gasteiger partial charge < -0.3 is 19.4 Å². The molecule has 4 rings (SSSR count). The predicted octanol–water partition coefficient (Wildman–Crippen LogP) is 7.84. The first-order chi connectivity index (χ1) is 20.0. The van der Waals surface area contributed by atoms with E-state index in [4.69, 9.17) is 21.7 Å². The molecule has 1 atom stereocenters. The van der Waals surface area contributed by atoms with Crippen LogP contribution in [-0.4, -0.2) is 71.8 Å². The number of hydrogen-bond acceptors (Lipinski definition) is 6. The lowest BCUT2D eigenvalue weighted by Gasteiger charge is -2.21. The van der Waals surface area contributed by atoms with E-state index >= 15 is 0 Å². The third-order valence-corrected chi connectivity index (χ3v) is 7.36. The number of nitrogens with one attached hydrogen (secondary N) is 1. The van der Waals surface area contributed by atoms with E-state index in [1.54, 1.807) is 27.1 Å². The molecule has 1 aliphatic carbocycles. The number of imidazole rings is 1. The van der Waals surface area contributed by atoms with Gasteiger partial charge in [-0.25, -0.2) is 9.36 Å². The van der Waals surface area contributed by atoms with Gasteiger partial charge in [-0.15, -0.1) is 0 Å². The van der Waals surface area contributed by atoms with Crippen LogP contribution in [0.4, 0.5) is 18.0 Å². The summed E-state index contributed by atoms with van der Waals surface area (Å²) in [4.78, 5) is 33.5. The average Bonchev–Trinajstić information content (AvgIpc) is 3.10. The molecule has 2 heterocycles. The molecule has 1 aromatic heterocycles. The van der Waals surface area contributed by atoms with Crippen LogP contribution >= 0.6 is 12.2 Å². The number of aliphatic imine (C=N–C) groups is 1. The number of benzene rings is 1. The number of esters is 1. The van der Waals surface area contributed by atoms with Crippen molar-refractivity contribution in [3.05, 3.63) is 40.3 Å². The number of carbonyl (C=O) groups is 2. The zero-order chi connectivity index (χ0) is 31.3. The summed E-state index contributed by atoms with van der Waals surface area (Å²) >= 11 is 5.28. The van der Waals surface area contributed by atoms with Crippen molar-refractivity contribution in [1.82, 2.24) is 14.5 Å². The molecule has 1 amide bonds. The summed E-state index contributed by atoms with van der Waals surface area (Å²) < 4.78 is 47.6. The first-order valence-corrected chi connectivity index (χ1v) is 14.9. The van der Waals surface area contributed by atoms with E-state index in [2.05, 4.69) is 9.98 Å². The molecule has 12 heteroatoms. The summed E-state index contributed by atoms with van der Waals surface area (Å²) in [5, 5.41) is 0. The fraction of sp³-hybridized carbons (Fsp3) is 0.600. The number of para-hydroxylation sites is 2. The number of likely N-dealkylation sites (N-methyl/N-ethyl adjacent to an activating group) is 1. The Kier molecular flexibility index (Phi) is 14.4. The summed E-state index contributed by atoms with van der Waals surface area (Å²) in [6.07, 6.45) is 3.68. The number of carbonyl (C=O) groups excluding carboxylic acids is 2. The van der Waals surface area contributed by atoms with Gasteiger partial charge >= 0.3 is 18.2 Å². The standard InChI is InChI=1S/C19H25N3O3S.C9H12F3NO.C2H6/c1-21(12-13-25-17(23)14-8-4-2-3-5-9-14)19(24)22-16-11-7-6-10-15(16)20-18(22)26;1-6-7(2)13-4-3-8(6)14-5-9(10,11)12;1-2/h6-7,10-11,14H,2-5,8-9,12-13H2,1H3,(H,20,26);4,8H,3,5H2,1-2H3;1-2H3. The molecule has 234 valence electrons. The Bertz CT molecular complexity index is 1280. The van der Waals surface area contributed by atoms with Gasteiger partial charge in [-0.1, -0.05) is 51.7 Å². The fourth-order valence-electron chi connectivity index (χ4n) is 4.61. The van der Waals surface area contributed by atoms with Gasteiger partial charge in [0.15, 0.2) is 4.77 Å². The molecule has 1 aliphatic heterocycles. The second-order valence-electron chi connectivity index (χ2n) is 10.1. The van der Waals surface area contributed by atoms with E-state index in [1.165, 1.54) is 22.3 Å². The molecule has 0 radical (unpaired) electrons. The zero-order valence-corrected chi connectivity index (χ0v) is 25.9. The second-order valence-corrected chi connectivity index (χ2v) is 10.5. The first-order valence-electron chi connectivity index (χ1n) is 14.5. The molecule has 1 unspecified atom stereocenters. The minimum absolute atomic E-state index is 0.0146. The van der Waals surface area contributed by atoms with Crippen LogP contribution < -0.4 is 0 Å². The van der Waals surface area contributed by atoms with Crippen LogP contribution in [0.3, 0.4) is 0 Å². The fourth-order valence-corrected chi connectivity index (χ4v) is 4.90. The zero-order valence-electron chi connectivity index (χ0n) is 25.1. The van der Waals surface area contributed by atoms with Gasteiger partial charge in [0.05, 0.1) is 29.6 Å². The highest BCUT2D eigenvalue weighted by molar-refractivity contribution is 7.71. The smallest absolute Gasteiger partial charge is 0.411 e. The lowest BCUT2D eigenvalue weighted by molar-refractivity contribution is -0.181. The third-order valence-electron chi connectivity index (χ3n) is 7.07. The van der Waals surface area contributed by atoms with Gasteiger partial charge in [0, 0.05) is 25.4 Å². The Labute approximate surface area is 251 Å². The van der Waals surface area contributed by atoms with Crippen molar-refractivity contribution >= 4 is 41.5 Å². The topological polar surface area (TPSA) is 88.9 Å². The monoisotopic (exact) mass is 612 g/mol. The van der Waals surface area contributed by atoms with Gasteiger partial charge in [-0.2, -0.15) is 13.2 Å². The Morgan fingerprint density at radius 2 is 1.76 bits per heavy atom. The van der Waals surface area contributed by atoms with Crippen molar-refractivity contribution in [1.29, 1.82) is 0 Å². The number of rotatable bonds is 6. The lowest BCUT2D eigenvalue weighted by Crippen LogP contribution is -2.34. The Morgan fingerprint density at radius 3 is 2.40 bits per heavy atom. The number of aromatic amines is 1. The van der Waals surface area contributed by atoms with Crippen molar-refractivity contribution in [3.63, 3.8) is 0 Å². The van der Waals surface area contributed by atoms with Gasteiger partial charge in [0.25, 0.3) is 0 Å². The Balaban J connectivity index is 0.000000326. The molecule has 1 fully saturated rings. The highest BCUT2D eigenvalue weighted by Crippen LogP contribution is 2.24. The number of ether oxygens (including phenoxy) is 2. The van der Waals surface area contributed by atoms with Crippen LogP contribution in [0.5, 0.6) is 0 Å². The number of nitrogens with zero attached hydrogens (tertiary/aromatic N) is 3. The van der Waals surface area contributed by atoms with Gasteiger partial charge in [0.2, 0.25) is 0 Å². The van der Waals surface area contributed by atoms with E-state index in [1.807, 2.05) is 38.1 Å². The molecule has 1 saturated carbocycles. The predicted molar refractivity (Wildman–Crippen MR) is 161 cm³/mol. The number of aromatic nitrogens is 2. The number of allylic oxidation sites excluding steroid dienone is 1. The molecular weight excluding hydrogens is 569 g/mol. The summed E-state index contributed by atoms with van der Waals surface area (Å²) in [5.41, 5.74) is 3.07. The van der Waals surface area contributed by atoms with Gasteiger partial charge in [-0.05, 0) is 56.6 Å². The van der Waals surface area contributed by atoms with Crippen LogP contribution in [0.2, 0.25) is 0 Å². The number of hydrogen-bond donors (Lipinski definition) is 1. The number of amides is 1. The van der Waals surface area contributed by atoms with Crippen molar-refractivity contribution in [3.8, 4) is 0 Å². The van der Waals surface area contributed by atoms with Gasteiger partial charge in [-0.3, -0.25) is 9.79 Å². The van der Waals surface area contributed by atoms with Gasteiger partial charge in [0.1, 0.15) is 13.2 Å². The molecule has 8 nitrogen and oxygen atoms in total. The SMILES string of the molecule is CC.CC1=C(C)C(OCC(F)(F)F)CC=N1.CN(CCOC(=O)C1CCCCCC1)C(=O)n1c(=S)[nH]c2ccccc21.